The fourth-order valence-corrected chi connectivity index (χ4v) is 3.78. The third-order valence-electron chi connectivity index (χ3n) is 3.12. The number of rotatable bonds is 5. The Kier molecular flexibility index (Phi) is 4.08. The van der Waals surface area contributed by atoms with Crippen LogP contribution in [0.5, 0.6) is 0 Å². The minimum Gasteiger partial charge on any atom is -0.352 e. The number of nitrogens with one attached hydrogen (secondary N) is 1. The maximum absolute atomic E-state index is 11.9. The van der Waals surface area contributed by atoms with Gasteiger partial charge in [0.2, 0.25) is 5.91 Å². The quantitative estimate of drug-likeness (QED) is 0.859. The van der Waals surface area contributed by atoms with Crippen LogP contribution < -0.4 is 5.32 Å². The monoisotopic (exact) mass is 304 g/mol. The Morgan fingerprint density at radius 3 is 2.85 bits per heavy atom. The Labute approximate surface area is 126 Å². The first-order valence-corrected chi connectivity index (χ1v) is 8.46. The van der Waals surface area contributed by atoms with E-state index < -0.39 is 0 Å². The fourth-order valence-electron chi connectivity index (χ4n) is 1.80. The minimum atomic E-state index is -0.0922. The lowest BCUT2D eigenvalue weighted by atomic mass is 10.2. The van der Waals surface area contributed by atoms with Gasteiger partial charge in [0.25, 0.3) is 0 Å². The summed E-state index contributed by atoms with van der Waals surface area (Å²) in [4.78, 5) is 16.5. The minimum absolute atomic E-state index is 0.0922. The van der Waals surface area contributed by atoms with E-state index in [-0.39, 0.29) is 11.2 Å². The Balaban J connectivity index is 1.63. The Hall–Kier alpha value is -1.33. The number of thioether (sulfide) groups is 1. The highest BCUT2D eigenvalue weighted by Crippen LogP contribution is 2.31. The van der Waals surface area contributed by atoms with Gasteiger partial charge >= 0.3 is 0 Å². The number of carbonyl (C=O) groups excluding carboxylic acids is 1. The summed E-state index contributed by atoms with van der Waals surface area (Å²) in [6.07, 6.45) is 2.25. The summed E-state index contributed by atoms with van der Waals surface area (Å²) in [6, 6.07) is 10.5. The molecular weight excluding hydrogens is 288 g/mol. The van der Waals surface area contributed by atoms with Crippen LogP contribution in [0.1, 0.15) is 19.8 Å². The smallest absolute Gasteiger partial charge is 0.233 e. The van der Waals surface area contributed by atoms with E-state index in [1.165, 1.54) is 11.8 Å². The van der Waals surface area contributed by atoms with Crippen LogP contribution >= 0.6 is 23.1 Å². The molecule has 5 heteroatoms. The molecule has 1 atom stereocenters. The van der Waals surface area contributed by atoms with Crippen molar-refractivity contribution < 1.29 is 4.79 Å². The molecule has 1 aliphatic carbocycles. The van der Waals surface area contributed by atoms with Crippen LogP contribution in [-0.2, 0) is 4.79 Å². The summed E-state index contributed by atoms with van der Waals surface area (Å²) >= 11 is 3.13. The van der Waals surface area contributed by atoms with Crippen molar-refractivity contribution in [1.29, 1.82) is 0 Å². The number of carbonyl (C=O) groups is 1. The molecule has 2 aromatic rings. The molecule has 0 saturated heterocycles. The summed E-state index contributed by atoms with van der Waals surface area (Å²) in [6.45, 7) is 1.94. The van der Waals surface area contributed by atoms with Crippen molar-refractivity contribution in [2.45, 2.75) is 35.4 Å². The predicted molar refractivity (Wildman–Crippen MR) is 84.0 cm³/mol. The lowest BCUT2D eigenvalue weighted by Crippen LogP contribution is -2.32. The van der Waals surface area contributed by atoms with E-state index in [0.29, 0.717) is 6.04 Å². The molecule has 1 aromatic carbocycles. The number of hydrogen-bond acceptors (Lipinski definition) is 4. The second kappa shape index (κ2) is 5.97. The molecule has 1 N–H and O–H groups in total. The molecule has 0 unspecified atom stereocenters. The zero-order valence-electron chi connectivity index (χ0n) is 11.2. The molecule has 3 nitrogen and oxygen atoms in total. The van der Waals surface area contributed by atoms with E-state index in [2.05, 4.69) is 10.3 Å². The van der Waals surface area contributed by atoms with Crippen molar-refractivity contribution in [2.24, 2.45) is 0 Å². The first-order valence-electron chi connectivity index (χ1n) is 6.70. The molecule has 1 aliphatic rings. The van der Waals surface area contributed by atoms with E-state index in [9.17, 15) is 4.79 Å². The van der Waals surface area contributed by atoms with Crippen LogP contribution in [0.3, 0.4) is 0 Å². The van der Waals surface area contributed by atoms with Crippen LogP contribution in [0.25, 0.3) is 11.3 Å². The summed E-state index contributed by atoms with van der Waals surface area (Å²) in [5, 5.41) is 4.98. The van der Waals surface area contributed by atoms with Gasteiger partial charge < -0.3 is 5.32 Å². The third kappa shape index (κ3) is 3.41. The number of benzene rings is 1. The van der Waals surface area contributed by atoms with Crippen molar-refractivity contribution >= 4 is 29.0 Å². The van der Waals surface area contributed by atoms with Crippen molar-refractivity contribution in [3.05, 3.63) is 35.7 Å². The van der Waals surface area contributed by atoms with Gasteiger partial charge in [-0.25, -0.2) is 4.98 Å². The van der Waals surface area contributed by atoms with Gasteiger partial charge in [0.05, 0.1) is 10.9 Å². The second-order valence-electron chi connectivity index (χ2n) is 4.91. The van der Waals surface area contributed by atoms with Gasteiger partial charge in [0.1, 0.15) is 0 Å². The number of amides is 1. The van der Waals surface area contributed by atoms with Crippen LogP contribution in [0, 0.1) is 0 Å². The molecule has 0 radical (unpaired) electrons. The Bertz CT molecular complexity index is 593. The molecule has 1 heterocycles. The lowest BCUT2D eigenvalue weighted by molar-refractivity contribution is -0.120. The number of hydrogen-bond donors (Lipinski definition) is 1. The van der Waals surface area contributed by atoms with E-state index in [1.807, 2.05) is 42.6 Å². The summed E-state index contributed by atoms with van der Waals surface area (Å²) in [5.41, 5.74) is 2.10. The molecular formula is C15H16N2OS2. The molecule has 0 bridgehead atoms. The molecule has 0 aliphatic heterocycles. The summed E-state index contributed by atoms with van der Waals surface area (Å²) in [5.74, 6) is 0.119. The van der Waals surface area contributed by atoms with E-state index in [0.717, 1.165) is 28.4 Å². The second-order valence-corrected chi connectivity index (χ2v) is 7.35. The SMILES string of the molecule is C[C@H](Sc1nc(-c2ccccc2)cs1)C(=O)NC1CC1. The first-order chi connectivity index (χ1) is 9.72. The average Bonchev–Trinajstić information content (AvgIpc) is 3.16. The Morgan fingerprint density at radius 1 is 1.40 bits per heavy atom. The highest BCUT2D eigenvalue weighted by Gasteiger charge is 2.26. The normalized spacial score (nSPS) is 15.8. The van der Waals surface area contributed by atoms with Gasteiger partial charge in [-0.15, -0.1) is 11.3 Å². The van der Waals surface area contributed by atoms with Gasteiger partial charge in [-0.3, -0.25) is 4.79 Å². The molecule has 20 heavy (non-hydrogen) atoms. The van der Waals surface area contributed by atoms with Gasteiger partial charge in [-0.2, -0.15) is 0 Å². The molecule has 3 rings (SSSR count). The highest BCUT2D eigenvalue weighted by atomic mass is 32.2. The number of aromatic nitrogens is 1. The molecule has 1 saturated carbocycles. The van der Waals surface area contributed by atoms with Crippen molar-refractivity contribution in [3.8, 4) is 11.3 Å². The molecule has 1 amide bonds. The third-order valence-corrected chi connectivity index (χ3v) is 5.20. The maximum atomic E-state index is 11.9. The van der Waals surface area contributed by atoms with Gasteiger partial charge in [-0.1, -0.05) is 42.1 Å². The van der Waals surface area contributed by atoms with Crippen molar-refractivity contribution in [1.82, 2.24) is 10.3 Å². The van der Waals surface area contributed by atoms with E-state index in [1.54, 1.807) is 11.3 Å². The fraction of sp³-hybridized carbons (Fsp3) is 0.333. The van der Waals surface area contributed by atoms with Crippen LogP contribution in [0.2, 0.25) is 0 Å². The highest BCUT2D eigenvalue weighted by molar-refractivity contribution is 8.02. The van der Waals surface area contributed by atoms with Crippen LogP contribution in [-0.4, -0.2) is 22.2 Å². The first kappa shape index (κ1) is 13.6. The lowest BCUT2D eigenvalue weighted by Gasteiger charge is -2.09. The van der Waals surface area contributed by atoms with Crippen LogP contribution in [0.15, 0.2) is 40.1 Å². The zero-order chi connectivity index (χ0) is 13.9. The predicted octanol–water partition coefficient (Wildman–Crippen LogP) is 3.57. The summed E-state index contributed by atoms with van der Waals surface area (Å²) in [7, 11) is 0. The van der Waals surface area contributed by atoms with Gasteiger partial charge in [0.15, 0.2) is 4.34 Å². The summed E-state index contributed by atoms with van der Waals surface area (Å²) < 4.78 is 0.947. The average molecular weight is 304 g/mol. The van der Waals surface area contributed by atoms with Gasteiger partial charge in [-0.05, 0) is 19.8 Å². The largest absolute Gasteiger partial charge is 0.352 e. The van der Waals surface area contributed by atoms with Crippen molar-refractivity contribution in [2.75, 3.05) is 0 Å². The van der Waals surface area contributed by atoms with Gasteiger partial charge in [0, 0.05) is 17.0 Å². The number of nitrogens with zero attached hydrogens (tertiary/aromatic N) is 1. The number of thiazole rings is 1. The molecule has 1 fully saturated rings. The Morgan fingerprint density at radius 2 is 2.15 bits per heavy atom. The topological polar surface area (TPSA) is 42.0 Å². The van der Waals surface area contributed by atoms with Crippen molar-refractivity contribution in [3.63, 3.8) is 0 Å². The van der Waals surface area contributed by atoms with E-state index in [4.69, 9.17) is 0 Å². The van der Waals surface area contributed by atoms with E-state index >= 15 is 0 Å². The zero-order valence-corrected chi connectivity index (χ0v) is 12.8. The molecule has 0 spiro atoms. The maximum Gasteiger partial charge on any atom is 0.233 e. The van der Waals surface area contributed by atoms with Crippen LogP contribution in [0.4, 0.5) is 0 Å². The molecule has 104 valence electrons. The standard InChI is InChI=1S/C15H16N2OS2/c1-10(14(18)16-12-7-8-12)20-15-17-13(9-19-15)11-5-3-2-4-6-11/h2-6,9-10,12H,7-8H2,1H3,(H,16,18)/t10-/m0/s1. The molecule has 1 aromatic heterocycles.